The van der Waals surface area contributed by atoms with Crippen molar-refractivity contribution in [3.8, 4) is 0 Å². The summed E-state index contributed by atoms with van der Waals surface area (Å²) in [6, 6.07) is 0.372. The normalized spacial score (nSPS) is 13.9. The highest BCUT2D eigenvalue weighted by molar-refractivity contribution is 7.11. The molecule has 0 amide bonds. The van der Waals surface area contributed by atoms with Crippen molar-refractivity contribution in [3.63, 3.8) is 0 Å². The van der Waals surface area contributed by atoms with E-state index in [0.29, 0.717) is 18.5 Å². The number of nitrogens with two attached hydrogens (primary N) is 1. The number of nitrogens with one attached hydrogen (secondary N) is 1. The maximum absolute atomic E-state index is 5.73. The van der Waals surface area contributed by atoms with E-state index in [9.17, 15) is 0 Å². The van der Waals surface area contributed by atoms with Crippen molar-refractivity contribution >= 4 is 17.3 Å². The summed E-state index contributed by atoms with van der Waals surface area (Å²) in [7, 11) is 0. The van der Waals surface area contributed by atoms with Crippen molar-refractivity contribution in [2.24, 2.45) is 10.7 Å². The molecule has 1 aromatic rings. The maximum Gasteiger partial charge on any atom is 0.189 e. The SMILES string of the molecule is CC[C@H](C)NC(N)=NCc1cnc(C)s1. The van der Waals surface area contributed by atoms with Gasteiger partial charge in [-0.3, -0.25) is 0 Å². The molecule has 0 aromatic carbocycles. The van der Waals surface area contributed by atoms with Gasteiger partial charge in [0.05, 0.1) is 11.6 Å². The summed E-state index contributed by atoms with van der Waals surface area (Å²) in [4.78, 5) is 9.55. The van der Waals surface area contributed by atoms with Crippen molar-refractivity contribution in [2.75, 3.05) is 0 Å². The van der Waals surface area contributed by atoms with Crippen molar-refractivity contribution in [1.29, 1.82) is 0 Å². The lowest BCUT2D eigenvalue weighted by Gasteiger charge is -2.11. The van der Waals surface area contributed by atoms with Crippen LogP contribution in [0.15, 0.2) is 11.2 Å². The molecule has 0 spiro atoms. The van der Waals surface area contributed by atoms with Gasteiger partial charge in [0.2, 0.25) is 0 Å². The molecule has 15 heavy (non-hydrogen) atoms. The molecule has 84 valence electrons. The molecular formula is C10H18N4S. The van der Waals surface area contributed by atoms with Crippen LogP contribution >= 0.6 is 11.3 Å². The molecule has 1 aromatic heterocycles. The lowest BCUT2D eigenvalue weighted by atomic mass is 10.3. The molecule has 0 radical (unpaired) electrons. The van der Waals surface area contributed by atoms with Crippen LogP contribution in [0.25, 0.3) is 0 Å². The summed E-state index contributed by atoms with van der Waals surface area (Å²) in [5.41, 5.74) is 5.73. The largest absolute Gasteiger partial charge is 0.370 e. The molecule has 0 saturated carbocycles. The van der Waals surface area contributed by atoms with Crippen LogP contribution in [-0.2, 0) is 6.54 Å². The Bertz CT molecular complexity index is 332. The zero-order valence-electron chi connectivity index (χ0n) is 9.45. The molecule has 4 nitrogen and oxygen atoms in total. The lowest BCUT2D eigenvalue weighted by Crippen LogP contribution is -2.37. The number of rotatable bonds is 4. The predicted octanol–water partition coefficient (Wildman–Crippen LogP) is 1.65. The van der Waals surface area contributed by atoms with Gasteiger partial charge in [-0.05, 0) is 20.3 Å². The van der Waals surface area contributed by atoms with E-state index in [1.54, 1.807) is 11.3 Å². The van der Waals surface area contributed by atoms with E-state index in [-0.39, 0.29) is 0 Å². The number of hydrogen-bond donors (Lipinski definition) is 2. The molecular weight excluding hydrogens is 208 g/mol. The molecule has 0 aliphatic carbocycles. The van der Waals surface area contributed by atoms with Crippen LogP contribution in [0.3, 0.4) is 0 Å². The first-order chi connectivity index (χ1) is 7.11. The van der Waals surface area contributed by atoms with Gasteiger partial charge in [-0.2, -0.15) is 0 Å². The van der Waals surface area contributed by atoms with Crippen molar-refractivity contribution in [3.05, 3.63) is 16.1 Å². The minimum absolute atomic E-state index is 0.372. The third kappa shape index (κ3) is 4.29. The third-order valence-electron chi connectivity index (χ3n) is 2.08. The van der Waals surface area contributed by atoms with Gasteiger partial charge in [-0.25, -0.2) is 9.98 Å². The highest BCUT2D eigenvalue weighted by Gasteiger charge is 2.00. The second kappa shape index (κ2) is 5.70. The van der Waals surface area contributed by atoms with Crippen molar-refractivity contribution in [2.45, 2.75) is 39.8 Å². The molecule has 0 unspecified atom stereocenters. The van der Waals surface area contributed by atoms with E-state index in [1.807, 2.05) is 13.1 Å². The second-order valence-electron chi connectivity index (χ2n) is 3.50. The van der Waals surface area contributed by atoms with Crippen LogP contribution in [0.5, 0.6) is 0 Å². The smallest absolute Gasteiger partial charge is 0.189 e. The van der Waals surface area contributed by atoms with E-state index in [4.69, 9.17) is 5.73 Å². The minimum atomic E-state index is 0.372. The molecule has 1 atom stereocenters. The number of guanidine groups is 1. The molecule has 0 bridgehead atoms. The number of aryl methyl sites for hydroxylation is 1. The highest BCUT2D eigenvalue weighted by atomic mass is 32.1. The summed E-state index contributed by atoms with van der Waals surface area (Å²) in [6.07, 6.45) is 2.88. The predicted molar refractivity (Wildman–Crippen MR) is 65.1 cm³/mol. The Hall–Kier alpha value is -1.10. The van der Waals surface area contributed by atoms with Gasteiger partial charge in [0.15, 0.2) is 5.96 Å². The summed E-state index contributed by atoms with van der Waals surface area (Å²) in [5, 5.41) is 4.18. The average molecular weight is 226 g/mol. The third-order valence-corrected chi connectivity index (χ3v) is 2.98. The van der Waals surface area contributed by atoms with Gasteiger partial charge >= 0.3 is 0 Å². The first kappa shape index (κ1) is 12.0. The van der Waals surface area contributed by atoms with Crippen LogP contribution < -0.4 is 11.1 Å². The van der Waals surface area contributed by atoms with E-state index in [1.165, 1.54) is 0 Å². The van der Waals surface area contributed by atoms with E-state index in [0.717, 1.165) is 16.3 Å². The fraction of sp³-hybridized carbons (Fsp3) is 0.600. The molecule has 0 aliphatic rings. The van der Waals surface area contributed by atoms with E-state index < -0.39 is 0 Å². The quantitative estimate of drug-likeness (QED) is 0.606. The number of thiazole rings is 1. The number of nitrogens with zero attached hydrogens (tertiary/aromatic N) is 2. The summed E-state index contributed by atoms with van der Waals surface area (Å²) < 4.78 is 0. The van der Waals surface area contributed by atoms with Gasteiger partial charge in [0, 0.05) is 17.1 Å². The fourth-order valence-electron chi connectivity index (χ4n) is 1.04. The van der Waals surface area contributed by atoms with Gasteiger partial charge in [-0.15, -0.1) is 11.3 Å². The Morgan fingerprint density at radius 1 is 1.73 bits per heavy atom. The molecule has 3 N–H and O–H groups in total. The van der Waals surface area contributed by atoms with E-state index in [2.05, 4.69) is 29.1 Å². The van der Waals surface area contributed by atoms with Crippen LogP contribution in [0.1, 0.15) is 30.2 Å². The zero-order valence-corrected chi connectivity index (χ0v) is 10.3. The van der Waals surface area contributed by atoms with Gasteiger partial charge in [0.1, 0.15) is 0 Å². The number of hydrogen-bond acceptors (Lipinski definition) is 3. The first-order valence-electron chi connectivity index (χ1n) is 5.09. The van der Waals surface area contributed by atoms with Crippen LogP contribution in [-0.4, -0.2) is 17.0 Å². The Morgan fingerprint density at radius 3 is 3.00 bits per heavy atom. The molecule has 0 aliphatic heterocycles. The second-order valence-corrected chi connectivity index (χ2v) is 4.82. The topological polar surface area (TPSA) is 63.3 Å². The van der Waals surface area contributed by atoms with Gasteiger partial charge in [-0.1, -0.05) is 6.92 Å². The molecule has 0 saturated heterocycles. The van der Waals surface area contributed by atoms with Crippen LogP contribution in [0.4, 0.5) is 0 Å². The fourth-order valence-corrected chi connectivity index (χ4v) is 1.76. The maximum atomic E-state index is 5.73. The van der Waals surface area contributed by atoms with Crippen LogP contribution in [0.2, 0.25) is 0 Å². The average Bonchev–Trinajstić information content (AvgIpc) is 2.61. The van der Waals surface area contributed by atoms with Gasteiger partial charge < -0.3 is 11.1 Å². The summed E-state index contributed by atoms with van der Waals surface area (Å²) >= 11 is 1.65. The van der Waals surface area contributed by atoms with E-state index >= 15 is 0 Å². The summed E-state index contributed by atoms with van der Waals surface area (Å²) in [6.45, 7) is 6.79. The first-order valence-corrected chi connectivity index (χ1v) is 5.91. The zero-order chi connectivity index (χ0) is 11.3. The standard InChI is InChI=1S/C10H18N4S/c1-4-7(2)14-10(11)13-6-9-5-12-8(3)15-9/h5,7H,4,6H2,1-3H3,(H3,11,13,14)/t7-/m0/s1. The molecule has 0 fully saturated rings. The van der Waals surface area contributed by atoms with Crippen LogP contribution in [0, 0.1) is 6.92 Å². The Kier molecular flexibility index (Phi) is 4.55. The number of aromatic nitrogens is 1. The molecule has 1 heterocycles. The summed E-state index contributed by atoms with van der Waals surface area (Å²) in [5.74, 6) is 0.510. The Labute approximate surface area is 94.6 Å². The lowest BCUT2D eigenvalue weighted by molar-refractivity contribution is 0.636. The molecule has 5 heteroatoms. The van der Waals surface area contributed by atoms with Gasteiger partial charge in [0.25, 0.3) is 0 Å². The Morgan fingerprint density at radius 2 is 2.47 bits per heavy atom. The minimum Gasteiger partial charge on any atom is -0.370 e. The number of aliphatic imine (C=N–C) groups is 1. The molecule has 1 rings (SSSR count). The van der Waals surface area contributed by atoms with Crippen molar-refractivity contribution < 1.29 is 0 Å². The monoisotopic (exact) mass is 226 g/mol. The Balaban J connectivity index is 2.43. The van der Waals surface area contributed by atoms with Crippen molar-refractivity contribution in [1.82, 2.24) is 10.3 Å². The highest BCUT2D eigenvalue weighted by Crippen LogP contribution is 2.11.